The number of hydrogen-bond donors (Lipinski definition) is 0. The second-order valence-corrected chi connectivity index (χ2v) is 2.26. The van der Waals surface area contributed by atoms with Crippen molar-refractivity contribution in [3.8, 4) is 0 Å². The molecular formula is C8H6FNO. The fourth-order valence-electron chi connectivity index (χ4n) is 1.04. The van der Waals surface area contributed by atoms with E-state index >= 15 is 0 Å². The summed E-state index contributed by atoms with van der Waals surface area (Å²) in [6.45, 7) is -0.597. The van der Waals surface area contributed by atoms with Crippen LogP contribution in [0, 0.1) is 0 Å². The third-order valence-electron chi connectivity index (χ3n) is 1.58. The number of aromatic nitrogens is 1. The van der Waals surface area contributed by atoms with Gasteiger partial charge in [-0.2, -0.15) is 0 Å². The van der Waals surface area contributed by atoms with Crippen molar-refractivity contribution >= 4 is 10.9 Å². The molecule has 1 aromatic carbocycles. The molecule has 2 nitrogen and oxygen atoms in total. The van der Waals surface area contributed by atoms with E-state index in [9.17, 15) is 4.39 Å². The molecule has 0 saturated heterocycles. The summed E-state index contributed by atoms with van der Waals surface area (Å²) in [5.41, 5.74) is 0.708. The van der Waals surface area contributed by atoms with Gasteiger partial charge < -0.3 is 4.52 Å². The lowest BCUT2D eigenvalue weighted by molar-refractivity contribution is 0.336. The van der Waals surface area contributed by atoms with E-state index in [1.165, 1.54) is 0 Å². The number of halogens is 1. The van der Waals surface area contributed by atoms with Crippen LogP contribution in [0.5, 0.6) is 0 Å². The average molecular weight is 151 g/mol. The first-order chi connectivity index (χ1) is 5.42. The molecule has 0 radical (unpaired) electrons. The van der Waals surface area contributed by atoms with Gasteiger partial charge in [0.1, 0.15) is 5.52 Å². The van der Waals surface area contributed by atoms with E-state index < -0.39 is 6.67 Å². The largest absolute Gasteiger partial charge is 0.357 e. The van der Waals surface area contributed by atoms with Gasteiger partial charge in [0.2, 0.25) is 0 Å². The summed E-state index contributed by atoms with van der Waals surface area (Å²) in [4.78, 5) is 0. The summed E-state index contributed by atoms with van der Waals surface area (Å²) >= 11 is 0. The van der Waals surface area contributed by atoms with Crippen molar-refractivity contribution in [1.82, 2.24) is 5.16 Å². The smallest absolute Gasteiger partial charge is 0.175 e. The molecule has 2 aromatic rings. The molecule has 3 heteroatoms. The molecule has 0 unspecified atom stereocenters. The van der Waals surface area contributed by atoms with E-state index in [1.807, 2.05) is 12.1 Å². The second-order valence-electron chi connectivity index (χ2n) is 2.26. The summed E-state index contributed by atoms with van der Waals surface area (Å²) in [6.07, 6.45) is 0. The van der Waals surface area contributed by atoms with Crippen LogP contribution < -0.4 is 0 Å². The highest BCUT2D eigenvalue weighted by Gasteiger charge is 2.04. The van der Waals surface area contributed by atoms with Crippen molar-refractivity contribution in [3.05, 3.63) is 30.0 Å². The van der Waals surface area contributed by atoms with Gasteiger partial charge in [0, 0.05) is 5.39 Å². The summed E-state index contributed by atoms with van der Waals surface area (Å²) in [5.74, 6) is 0.306. The Morgan fingerprint density at radius 3 is 3.00 bits per heavy atom. The van der Waals surface area contributed by atoms with Crippen LogP contribution in [-0.2, 0) is 6.67 Å². The molecule has 0 bridgehead atoms. The number of hydrogen-bond acceptors (Lipinski definition) is 2. The SMILES string of the molecule is FCc1onc2ccccc12. The van der Waals surface area contributed by atoms with Gasteiger partial charge in [-0.15, -0.1) is 0 Å². The molecule has 0 amide bonds. The molecule has 0 aliphatic carbocycles. The van der Waals surface area contributed by atoms with E-state index in [1.54, 1.807) is 12.1 Å². The molecule has 1 aromatic heterocycles. The zero-order valence-electron chi connectivity index (χ0n) is 5.75. The molecule has 0 saturated carbocycles. The van der Waals surface area contributed by atoms with Gasteiger partial charge in [-0.05, 0) is 12.1 Å². The van der Waals surface area contributed by atoms with E-state index in [-0.39, 0.29) is 0 Å². The van der Waals surface area contributed by atoms with E-state index in [4.69, 9.17) is 4.52 Å². The quantitative estimate of drug-likeness (QED) is 0.625. The first-order valence-electron chi connectivity index (χ1n) is 3.31. The molecule has 0 aliphatic rings. The Labute approximate surface area is 62.6 Å². The highest BCUT2D eigenvalue weighted by atomic mass is 19.1. The van der Waals surface area contributed by atoms with Crippen LogP contribution in [0.2, 0.25) is 0 Å². The summed E-state index contributed by atoms with van der Waals surface area (Å²) in [7, 11) is 0. The third-order valence-corrected chi connectivity index (χ3v) is 1.58. The minimum atomic E-state index is -0.597. The maximum absolute atomic E-state index is 12.2. The van der Waals surface area contributed by atoms with Crippen LogP contribution in [0.25, 0.3) is 10.9 Å². The summed E-state index contributed by atoms with van der Waals surface area (Å²) in [6, 6.07) is 7.25. The standard InChI is InChI=1S/C8H6FNO/c9-5-8-6-3-1-2-4-7(6)10-11-8/h1-4H,5H2. The molecular weight excluding hydrogens is 145 g/mol. The zero-order valence-corrected chi connectivity index (χ0v) is 5.75. The van der Waals surface area contributed by atoms with E-state index in [2.05, 4.69) is 5.16 Å². The molecule has 0 fully saturated rings. The second kappa shape index (κ2) is 2.34. The Kier molecular flexibility index (Phi) is 1.35. The number of alkyl halides is 1. The third kappa shape index (κ3) is 0.888. The monoisotopic (exact) mass is 151 g/mol. The van der Waals surface area contributed by atoms with Gasteiger partial charge in [0.05, 0.1) is 0 Å². The lowest BCUT2D eigenvalue weighted by Crippen LogP contribution is -1.71. The minimum absolute atomic E-state index is 0.306. The van der Waals surface area contributed by atoms with Crippen LogP contribution in [0.1, 0.15) is 5.76 Å². The Morgan fingerprint density at radius 2 is 2.18 bits per heavy atom. The van der Waals surface area contributed by atoms with E-state index in [0.717, 1.165) is 5.39 Å². The normalized spacial score (nSPS) is 10.6. The topological polar surface area (TPSA) is 26.0 Å². The van der Waals surface area contributed by atoms with Crippen molar-refractivity contribution in [1.29, 1.82) is 0 Å². The van der Waals surface area contributed by atoms with Crippen molar-refractivity contribution < 1.29 is 8.91 Å². The summed E-state index contributed by atoms with van der Waals surface area (Å²) in [5, 5.41) is 4.43. The fourth-order valence-corrected chi connectivity index (χ4v) is 1.04. The van der Waals surface area contributed by atoms with Gasteiger partial charge in [-0.3, -0.25) is 0 Å². The first-order valence-corrected chi connectivity index (χ1v) is 3.31. The van der Waals surface area contributed by atoms with Crippen molar-refractivity contribution in [2.75, 3.05) is 0 Å². The Bertz CT molecular complexity index is 369. The van der Waals surface area contributed by atoms with Crippen molar-refractivity contribution in [2.24, 2.45) is 0 Å². The van der Waals surface area contributed by atoms with Gasteiger partial charge in [0.25, 0.3) is 0 Å². The fraction of sp³-hybridized carbons (Fsp3) is 0.125. The Balaban J connectivity index is 2.76. The first kappa shape index (κ1) is 6.34. The predicted octanol–water partition coefficient (Wildman–Crippen LogP) is 2.30. The van der Waals surface area contributed by atoms with E-state index in [0.29, 0.717) is 11.3 Å². The number of nitrogens with zero attached hydrogens (tertiary/aromatic N) is 1. The maximum atomic E-state index is 12.2. The minimum Gasteiger partial charge on any atom is -0.357 e. The molecule has 0 spiro atoms. The molecule has 0 atom stereocenters. The van der Waals surface area contributed by atoms with Crippen molar-refractivity contribution in [3.63, 3.8) is 0 Å². The lowest BCUT2D eigenvalue weighted by Gasteiger charge is -1.84. The highest BCUT2D eigenvalue weighted by molar-refractivity contribution is 5.79. The number of fused-ring (bicyclic) bond motifs is 1. The molecule has 0 N–H and O–H groups in total. The van der Waals surface area contributed by atoms with Gasteiger partial charge in [-0.25, -0.2) is 4.39 Å². The molecule has 2 rings (SSSR count). The van der Waals surface area contributed by atoms with Gasteiger partial charge in [0.15, 0.2) is 12.4 Å². The average Bonchev–Trinajstić information content (AvgIpc) is 2.47. The van der Waals surface area contributed by atoms with Crippen LogP contribution in [0.15, 0.2) is 28.8 Å². The van der Waals surface area contributed by atoms with Crippen LogP contribution >= 0.6 is 0 Å². The summed E-state index contributed by atoms with van der Waals surface area (Å²) < 4.78 is 16.9. The number of benzene rings is 1. The predicted molar refractivity (Wildman–Crippen MR) is 38.8 cm³/mol. The maximum Gasteiger partial charge on any atom is 0.175 e. The molecule has 0 aliphatic heterocycles. The Morgan fingerprint density at radius 1 is 1.36 bits per heavy atom. The van der Waals surface area contributed by atoms with Gasteiger partial charge in [-0.1, -0.05) is 17.3 Å². The number of rotatable bonds is 1. The zero-order chi connectivity index (χ0) is 7.68. The van der Waals surface area contributed by atoms with Crippen molar-refractivity contribution in [2.45, 2.75) is 6.67 Å². The molecule has 1 heterocycles. The molecule has 56 valence electrons. The Hall–Kier alpha value is -1.38. The molecule has 11 heavy (non-hydrogen) atoms. The van der Waals surface area contributed by atoms with Crippen LogP contribution in [-0.4, -0.2) is 5.16 Å². The highest BCUT2D eigenvalue weighted by Crippen LogP contribution is 2.17. The van der Waals surface area contributed by atoms with Crippen LogP contribution in [0.3, 0.4) is 0 Å². The lowest BCUT2D eigenvalue weighted by atomic mass is 10.2. The van der Waals surface area contributed by atoms with Gasteiger partial charge >= 0.3 is 0 Å². The van der Waals surface area contributed by atoms with Crippen LogP contribution in [0.4, 0.5) is 4.39 Å².